The van der Waals surface area contributed by atoms with Crippen molar-refractivity contribution in [3.8, 4) is 5.75 Å². The Balaban J connectivity index is 0.00000361. The molecule has 0 fully saturated rings. The summed E-state index contributed by atoms with van der Waals surface area (Å²) in [5.74, 6) is -0.648. The number of hydrogen-bond donors (Lipinski definition) is 2. The Kier molecular flexibility index (Phi) is 8.12. The molecule has 0 heterocycles. The number of nitrogens with two attached hydrogens (primary N) is 1. The number of carbonyl (C=O) groups excluding carboxylic acids is 1. The molecule has 0 aromatic heterocycles. The summed E-state index contributed by atoms with van der Waals surface area (Å²) in [4.78, 5) is 11.3. The zero-order valence-electron chi connectivity index (χ0n) is 10.3. The van der Waals surface area contributed by atoms with E-state index in [0.717, 1.165) is 0 Å². The minimum Gasteiger partial charge on any atom is -0.433 e. The van der Waals surface area contributed by atoms with Gasteiger partial charge in [0.1, 0.15) is 5.75 Å². The highest BCUT2D eigenvalue weighted by molar-refractivity contribution is 6.35. The first kappa shape index (κ1) is 19.2. The fourth-order valence-corrected chi connectivity index (χ4v) is 1.89. The quantitative estimate of drug-likeness (QED) is 0.859. The predicted molar refractivity (Wildman–Crippen MR) is 75.8 cm³/mol. The van der Waals surface area contributed by atoms with Crippen LogP contribution in [0.2, 0.25) is 10.0 Å². The van der Waals surface area contributed by atoms with Crippen LogP contribution in [0.15, 0.2) is 12.1 Å². The van der Waals surface area contributed by atoms with Gasteiger partial charge in [-0.3, -0.25) is 4.79 Å². The summed E-state index contributed by atoms with van der Waals surface area (Å²) in [6, 6.07) is 1.94. The molecule has 4 nitrogen and oxygen atoms in total. The molecule has 0 unspecified atom stereocenters. The predicted octanol–water partition coefficient (Wildman–Crippen LogP) is 2.98. The average molecular weight is 350 g/mol. The minimum atomic E-state index is -3.03. The molecule has 20 heavy (non-hydrogen) atoms. The van der Waals surface area contributed by atoms with Gasteiger partial charge < -0.3 is 15.8 Å². The van der Waals surface area contributed by atoms with Gasteiger partial charge in [0.05, 0.1) is 11.1 Å². The van der Waals surface area contributed by atoms with E-state index in [1.807, 2.05) is 0 Å². The third kappa shape index (κ3) is 5.66. The molecule has 0 aliphatic carbocycles. The van der Waals surface area contributed by atoms with Crippen LogP contribution in [0.3, 0.4) is 0 Å². The zero-order valence-corrected chi connectivity index (χ0v) is 12.7. The van der Waals surface area contributed by atoms with E-state index in [-0.39, 0.29) is 40.3 Å². The van der Waals surface area contributed by atoms with Crippen molar-refractivity contribution < 1.29 is 18.3 Å². The first-order chi connectivity index (χ1) is 8.81. The fraction of sp³-hybridized carbons (Fsp3) is 0.364. The number of carbonyl (C=O) groups is 1. The Morgan fingerprint density at radius 3 is 2.55 bits per heavy atom. The lowest BCUT2D eigenvalue weighted by Gasteiger charge is -2.14. The van der Waals surface area contributed by atoms with E-state index in [0.29, 0.717) is 0 Å². The second-order valence-electron chi connectivity index (χ2n) is 3.76. The number of nitrogens with one attached hydrogen (secondary N) is 1. The van der Waals surface area contributed by atoms with E-state index in [9.17, 15) is 13.6 Å². The van der Waals surface area contributed by atoms with Crippen LogP contribution in [0, 0.1) is 0 Å². The Morgan fingerprint density at radius 1 is 1.45 bits per heavy atom. The molecule has 0 saturated heterocycles. The first-order valence-corrected chi connectivity index (χ1v) is 6.03. The topological polar surface area (TPSA) is 64.4 Å². The van der Waals surface area contributed by atoms with Gasteiger partial charge in [-0.25, -0.2) is 0 Å². The van der Waals surface area contributed by atoms with Crippen LogP contribution in [-0.4, -0.2) is 18.6 Å². The smallest absolute Gasteiger partial charge is 0.387 e. The Labute approximate surface area is 131 Å². The van der Waals surface area contributed by atoms with Crippen molar-refractivity contribution in [2.24, 2.45) is 5.73 Å². The number of ether oxygens (including phenoxy) is 1. The molecular formula is C11H13Cl3F2N2O2. The highest BCUT2D eigenvalue weighted by atomic mass is 35.5. The molecule has 1 atom stereocenters. The largest absolute Gasteiger partial charge is 0.433 e. The normalized spacial score (nSPS) is 11.8. The number of rotatable bonds is 5. The number of alkyl halides is 2. The first-order valence-electron chi connectivity index (χ1n) is 5.27. The maximum atomic E-state index is 12.3. The molecule has 1 aromatic rings. The molecule has 0 aliphatic heterocycles. The molecular weight excluding hydrogens is 336 g/mol. The number of amides is 1. The molecule has 0 radical (unpaired) electrons. The van der Waals surface area contributed by atoms with Gasteiger partial charge in [0.25, 0.3) is 0 Å². The van der Waals surface area contributed by atoms with Gasteiger partial charge in [-0.1, -0.05) is 23.2 Å². The summed E-state index contributed by atoms with van der Waals surface area (Å²) < 4.78 is 28.9. The number of halogens is 5. The van der Waals surface area contributed by atoms with Crippen molar-refractivity contribution >= 4 is 41.5 Å². The van der Waals surface area contributed by atoms with E-state index >= 15 is 0 Å². The second kappa shape index (κ2) is 8.46. The van der Waals surface area contributed by atoms with Crippen molar-refractivity contribution in [2.45, 2.75) is 26.1 Å². The van der Waals surface area contributed by atoms with E-state index < -0.39 is 18.6 Å². The summed E-state index contributed by atoms with van der Waals surface area (Å²) >= 11 is 11.5. The molecule has 0 bridgehead atoms. The summed E-state index contributed by atoms with van der Waals surface area (Å²) in [7, 11) is 0. The van der Waals surface area contributed by atoms with Crippen molar-refractivity contribution in [3.63, 3.8) is 0 Å². The van der Waals surface area contributed by atoms with Gasteiger partial charge in [0.15, 0.2) is 0 Å². The van der Waals surface area contributed by atoms with Crippen LogP contribution in [0.4, 0.5) is 8.78 Å². The lowest BCUT2D eigenvalue weighted by Crippen LogP contribution is -2.37. The average Bonchev–Trinajstić information content (AvgIpc) is 2.29. The van der Waals surface area contributed by atoms with Crippen molar-refractivity contribution in [2.75, 3.05) is 0 Å². The second-order valence-corrected chi connectivity index (χ2v) is 4.60. The van der Waals surface area contributed by atoms with Gasteiger partial charge in [0, 0.05) is 17.1 Å². The SMILES string of the molecule is C[C@@H](N)C(=O)NCc1cc(Cl)cc(Cl)c1OC(F)F.Cl. The third-order valence-electron chi connectivity index (χ3n) is 2.16. The summed E-state index contributed by atoms with van der Waals surface area (Å²) in [6.07, 6.45) is 0. The van der Waals surface area contributed by atoms with Crippen LogP contribution in [0.1, 0.15) is 12.5 Å². The van der Waals surface area contributed by atoms with Crippen molar-refractivity contribution in [1.29, 1.82) is 0 Å². The maximum absolute atomic E-state index is 12.3. The number of hydrogen-bond acceptors (Lipinski definition) is 3. The minimum absolute atomic E-state index is 0. The van der Waals surface area contributed by atoms with Crippen molar-refractivity contribution in [1.82, 2.24) is 5.32 Å². The lowest BCUT2D eigenvalue weighted by atomic mass is 10.2. The summed E-state index contributed by atoms with van der Waals surface area (Å²) in [6.45, 7) is -1.60. The third-order valence-corrected chi connectivity index (χ3v) is 2.66. The maximum Gasteiger partial charge on any atom is 0.387 e. The summed E-state index contributed by atoms with van der Waals surface area (Å²) in [5, 5.41) is 2.65. The van der Waals surface area contributed by atoms with Gasteiger partial charge in [-0.15, -0.1) is 12.4 Å². The van der Waals surface area contributed by atoms with E-state index in [1.54, 1.807) is 0 Å². The van der Waals surface area contributed by atoms with Crippen LogP contribution in [-0.2, 0) is 11.3 Å². The fourth-order valence-electron chi connectivity index (χ4n) is 1.31. The molecule has 3 N–H and O–H groups in total. The van der Waals surface area contributed by atoms with Gasteiger partial charge in [-0.05, 0) is 19.1 Å². The molecule has 1 aromatic carbocycles. The Hall–Kier alpha value is -0.820. The highest BCUT2D eigenvalue weighted by Gasteiger charge is 2.16. The number of benzene rings is 1. The van der Waals surface area contributed by atoms with Crippen LogP contribution < -0.4 is 15.8 Å². The molecule has 0 aliphatic rings. The molecule has 0 spiro atoms. The Bertz CT molecular complexity index is 473. The van der Waals surface area contributed by atoms with Crippen molar-refractivity contribution in [3.05, 3.63) is 27.7 Å². The standard InChI is InChI=1S/C11H12Cl2F2N2O2.ClH/c1-5(16)10(18)17-4-6-2-7(12)3-8(13)9(6)19-11(14)15;/h2-3,5,11H,4,16H2,1H3,(H,17,18);1H/t5-;/m1./s1. The highest BCUT2D eigenvalue weighted by Crippen LogP contribution is 2.33. The van der Waals surface area contributed by atoms with Gasteiger partial charge in [-0.2, -0.15) is 8.78 Å². The molecule has 9 heteroatoms. The Morgan fingerprint density at radius 2 is 2.05 bits per heavy atom. The van der Waals surface area contributed by atoms with Crippen LogP contribution in [0.5, 0.6) is 5.75 Å². The van der Waals surface area contributed by atoms with E-state index in [2.05, 4.69) is 10.1 Å². The van der Waals surface area contributed by atoms with Crippen LogP contribution in [0.25, 0.3) is 0 Å². The van der Waals surface area contributed by atoms with E-state index in [4.69, 9.17) is 28.9 Å². The van der Waals surface area contributed by atoms with Gasteiger partial charge >= 0.3 is 6.61 Å². The zero-order chi connectivity index (χ0) is 14.6. The molecule has 114 valence electrons. The van der Waals surface area contributed by atoms with E-state index in [1.165, 1.54) is 19.1 Å². The molecule has 0 saturated carbocycles. The monoisotopic (exact) mass is 348 g/mol. The summed E-state index contributed by atoms with van der Waals surface area (Å²) in [5.41, 5.74) is 5.61. The lowest BCUT2D eigenvalue weighted by molar-refractivity contribution is -0.122. The van der Waals surface area contributed by atoms with Gasteiger partial charge in [0.2, 0.25) is 5.91 Å². The molecule has 1 rings (SSSR count). The van der Waals surface area contributed by atoms with Crippen LogP contribution >= 0.6 is 35.6 Å². The molecule has 1 amide bonds.